The monoisotopic (exact) mass is 195 g/mol. The Hall–Kier alpha value is -0.470. The lowest BCUT2D eigenvalue weighted by Gasteiger charge is -2.32. The van der Waals surface area contributed by atoms with Gasteiger partial charge in [0.25, 0.3) is 0 Å². The molecule has 0 spiro atoms. The number of rotatable bonds is 0. The van der Waals surface area contributed by atoms with Gasteiger partial charge < -0.3 is 4.90 Å². The van der Waals surface area contributed by atoms with Gasteiger partial charge >= 0.3 is 0 Å². The average molecular weight is 195 g/mol. The van der Waals surface area contributed by atoms with Crippen molar-refractivity contribution in [2.75, 3.05) is 20.1 Å². The van der Waals surface area contributed by atoms with Gasteiger partial charge in [0, 0.05) is 18.3 Å². The minimum absolute atomic E-state index is 0.662. The van der Waals surface area contributed by atoms with Gasteiger partial charge in [-0.05, 0) is 14.0 Å². The minimum Gasteiger partial charge on any atom is -0.304 e. The van der Waals surface area contributed by atoms with Crippen LogP contribution in [0.25, 0.3) is 0 Å². The van der Waals surface area contributed by atoms with Gasteiger partial charge in [-0.1, -0.05) is 35.9 Å². The van der Waals surface area contributed by atoms with Gasteiger partial charge in [0.2, 0.25) is 0 Å². The first-order chi connectivity index (χ1) is 6.18. The summed E-state index contributed by atoms with van der Waals surface area (Å²) in [6, 6.07) is 10.3. The molecule has 72 valence electrons. The Morgan fingerprint density at radius 2 is 1.77 bits per heavy atom. The summed E-state index contributed by atoms with van der Waals surface area (Å²) in [5, 5.41) is 0.662. The number of aryl methyl sites for hydroxylation is 1. The van der Waals surface area contributed by atoms with Crippen molar-refractivity contribution < 1.29 is 0 Å². The second-order valence-corrected chi connectivity index (χ2v) is 4.26. The molecule has 0 aliphatic carbocycles. The largest absolute Gasteiger partial charge is 0.304 e. The molecule has 0 saturated carbocycles. The molecule has 0 amide bonds. The van der Waals surface area contributed by atoms with Crippen molar-refractivity contribution >= 4 is 12.6 Å². The summed E-state index contributed by atoms with van der Waals surface area (Å²) < 4.78 is 0. The van der Waals surface area contributed by atoms with Crippen molar-refractivity contribution in [2.45, 2.75) is 12.2 Å². The highest BCUT2D eigenvalue weighted by Gasteiger charge is 2.17. The van der Waals surface area contributed by atoms with E-state index >= 15 is 0 Å². The molecule has 1 aliphatic heterocycles. The van der Waals surface area contributed by atoms with Crippen molar-refractivity contribution in [2.24, 2.45) is 0 Å². The Bertz CT molecular complexity index is 223. The zero-order chi connectivity index (χ0) is 9.68. The highest BCUT2D eigenvalue weighted by Crippen LogP contribution is 2.08. The molecule has 1 aliphatic rings. The molecule has 1 fully saturated rings. The molecule has 0 atom stereocenters. The number of hydrogen-bond acceptors (Lipinski definition) is 2. The Labute approximate surface area is 86.2 Å². The van der Waals surface area contributed by atoms with Crippen LogP contribution < -0.4 is 0 Å². The third-order valence-electron chi connectivity index (χ3n) is 1.99. The van der Waals surface area contributed by atoms with Crippen LogP contribution in [0.2, 0.25) is 0 Å². The fraction of sp³-hybridized carbons (Fsp3) is 0.455. The molecule has 0 aromatic heterocycles. The zero-order valence-electron chi connectivity index (χ0n) is 8.27. The van der Waals surface area contributed by atoms with Gasteiger partial charge in [-0.15, -0.1) is 0 Å². The first kappa shape index (κ1) is 10.6. The maximum Gasteiger partial charge on any atom is 0.0271 e. The summed E-state index contributed by atoms with van der Waals surface area (Å²) in [7, 11) is 2.10. The molecule has 0 radical (unpaired) electrons. The van der Waals surface area contributed by atoms with Crippen LogP contribution in [0.15, 0.2) is 30.3 Å². The number of benzene rings is 1. The van der Waals surface area contributed by atoms with Crippen molar-refractivity contribution in [1.82, 2.24) is 4.90 Å². The standard InChI is InChI=1S/C7H8.C4H9NS/c1-7-5-3-2-4-6-7;1-5-2-4(6)3-5/h2-6H,1H3;4,6H,2-3H2,1H3. The lowest BCUT2D eigenvalue weighted by Crippen LogP contribution is -2.44. The van der Waals surface area contributed by atoms with E-state index in [1.54, 1.807) is 0 Å². The van der Waals surface area contributed by atoms with Crippen LogP contribution in [0.1, 0.15) is 5.56 Å². The highest BCUT2D eigenvalue weighted by atomic mass is 32.1. The molecule has 1 aromatic carbocycles. The van der Waals surface area contributed by atoms with Gasteiger partial charge in [0.15, 0.2) is 0 Å². The fourth-order valence-corrected chi connectivity index (χ4v) is 1.76. The Morgan fingerprint density at radius 3 is 1.92 bits per heavy atom. The van der Waals surface area contributed by atoms with E-state index < -0.39 is 0 Å². The first-order valence-corrected chi connectivity index (χ1v) is 5.08. The summed E-state index contributed by atoms with van der Waals surface area (Å²) in [6.45, 7) is 4.42. The molecule has 0 N–H and O–H groups in total. The van der Waals surface area contributed by atoms with Gasteiger partial charge in [0.1, 0.15) is 0 Å². The van der Waals surface area contributed by atoms with Crippen LogP contribution in [0.5, 0.6) is 0 Å². The van der Waals surface area contributed by atoms with E-state index in [2.05, 4.69) is 43.6 Å². The second-order valence-electron chi connectivity index (χ2n) is 3.53. The molecule has 1 heterocycles. The summed E-state index contributed by atoms with van der Waals surface area (Å²) >= 11 is 4.20. The van der Waals surface area contributed by atoms with Crippen LogP contribution in [0.4, 0.5) is 0 Å². The van der Waals surface area contributed by atoms with Crippen LogP contribution >= 0.6 is 12.6 Å². The van der Waals surface area contributed by atoms with Crippen molar-refractivity contribution in [1.29, 1.82) is 0 Å². The number of likely N-dealkylation sites (tertiary alicyclic amines) is 1. The lowest BCUT2D eigenvalue weighted by atomic mass is 10.2. The molecular weight excluding hydrogens is 178 g/mol. The number of hydrogen-bond donors (Lipinski definition) is 1. The third-order valence-corrected chi connectivity index (χ3v) is 2.31. The van der Waals surface area contributed by atoms with Crippen molar-refractivity contribution in [3.8, 4) is 0 Å². The van der Waals surface area contributed by atoms with Crippen molar-refractivity contribution in [3.05, 3.63) is 35.9 Å². The summed E-state index contributed by atoms with van der Waals surface area (Å²) in [5.41, 5.74) is 1.32. The molecular formula is C11H17NS. The summed E-state index contributed by atoms with van der Waals surface area (Å²) in [5.74, 6) is 0. The predicted molar refractivity (Wildman–Crippen MR) is 61.5 cm³/mol. The van der Waals surface area contributed by atoms with E-state index in [9.17, 15) is 0 Å². The highest BCUT2D eigenvalue weighted by molar-refractivity contribution is 7.81. The summed E-state index contributed by atoms with van der Waals surface area (Å²) in [6.07, 6.45) is 0. The van der Waals surface area contributed by atoms with Crippen molar-refractivity contribution in [3.63, 3.8) is 0 Å². The molecule has 0 unspecified atom stereocenters. The van der Waals surface area contributed by atoms with Crippen LogP contribution in [0.3, 0.4) is 0 Å². The van der Waals surface area contributed by atoms with E-state index in [-0.39, 0.29) is 0 Å². The fourth-order valence-electron chi connectivity index (χ4n) is 1.20. The molecule has 1 aromatic rings. The van der Waals surface area contributed by atoms with Crippen LogP contribution in [0, 0.1) is 6.92 Å². The van der Waals surface area contributed by atoms with E-state index in [1.165, 1.54) is 18.7 Å². The number of thiol groups is 1. The molecule has 2 rings (SSSR count). The molecule has 2 heteroatoms. The Kier molecular flexibility index (Phi) is 4.33. The minimum atomic E-state index is 0.662. The van der Waals surface area contributed by atoms with Crippen LogP contribution in [-0.2, 0) is 0 Å². The average Bonchev–Trinajstić information content (AvgIpc) is 2.05. The maximum atomic E-state index is 4.20. The lowest BCUT2D eigenvalue weighted by molar-refractivity contribution is 0.241. The smallest absolute Gasteiger partial charge is 0.0271 e. The zero-order valence-corrected chi connectivity index (χ0v) is 9.17. The van der Waals surface area contributed by atoms with Gasteiger partial charge in [-0.25, -0.2) is 0 Å². The second kappa shape index (κ2) is 5.30. The van der Waals surface area contributed by atoms with E-state index in [4.69, 9.17) is 0 Å². The first-order valence-electron chi connectivity index (χ1n) is 4.57. The van der Waals surface area contributed by atoms with E-state index in [1.807, 2.05) is 18.2 Å². The molecule has 0 bridgehead atoms. The van der Waals surface area contributed by atoms with Crippen LogP contribution in [-0.4, -0.2) is 30.3 Å². The quantitative estimate of drug-likeness (QED) is 0.621. The molecule has 1 saturated heterocycles. The molecule has 1 nitrogen and oxygen atoms in total. The third kappa shape index (κ3) is 4.34. The van der Waals surface area contributed by atoms with Gasteiger partial charge in [-0.2, -0.15) is 12.6 Å². The normalized spacial score (nSPS) is 17.2. The predicted octanol–water partition coefficient (Wildman–Crippen LogP) is 2.23. The SMILES string of the molecule is CN1CC(S)C1.Cc1ccccc1. The summed E-state index contributed by atoms with van der Waals surface area (Å²) in [4.78, 5) is 2.25. The number of nitrogens with zero attached hydrogens (tertiary/aromatic N) is 1. The van der Waals surface area contributed by atoms with E-state index in [0.29, 0.717) is 5.25 Å². The van der Waals surface area contributed by atoms with Gasteiger partial charge in [0.05, 0.1) is 0 Å². The maximum absolute atomic E-state index is 4.20. The van der Waals surface area contributed by atoms with E-state index in [0.717, 1.165) is 0 Å². The van der Waals surface area contributed by atoms with Gasteiger partial charge in [-0.3, -0.25) is 0 Å². The Balaban J connectivity index is 0.000000132. The Morgan fingerprint density at radius 1 is 1.23 bits per heavy atom. The molecule has 13 heavy (non-hydrogen) atoms. The topological polar surface area (TPSA) is 3.24 Å².